The molecule has 0 aliphatic carbocycles. The van der Waals surface area contributed by atoms with Gasteiger partial charge in [-0.05, 0) is 51.2 Å². The Bertz CT molecular complexity index is 1670. The van der Waals surface area contributed by atoms with Gasteiger partial charge in [0.25, 0.3) is 0 Å². The number of nitrogens with zero attached hydrogens (tertiary/aromatic N) is 2. The number of fused-ring (bicyclic) bond motifs is 6. The molecular weight excluding hydrogens is 568 g/mol. The summed E-state index contributed by atoms with van der Waals surface area (Å²) in [6.07, 6.45) is 8.41. The molecule has 8 rings (SSSR count). The van der Waals surface area contributed by atoms with Crippen LogP contribution >= 0.6 is 0 Å². The second-order valence-corrected chi connectivity index (χ2v) is 11.8. The first-order valence-electron chi connectivity index (χ1n) is 14.6. The zero-order chi connectivity index (χ0) is 27.1. The van der Waals surface area contributed by atoms with Crippen molar-refractivity contribution in [1.29, 1.82) is 0 Å². The topological polar surface area (TPSA) is 22.1 Å². The summed E-state index contributed by atoms with van der Waals surface area (Å²) < 4.78 is 7.81. The first-order valence-corrected chi connectivity index (χ1v) is 14.6. The fraction of sp³-hybridized carbons (Fsp3) is 0.270. The highest BCUT2D eigenvalue weighted by Crippen LogP contribution is 2.50. The monoisotopic (exact) mass is 604 g/mol. The molecule has 208 valence electrons. The Kier molecular flexibility index (Phi) is 7.82. The number of aromatic nitrogens is 1. The largest absolute Gasteiger partial charge is 1.00 e. The molecule has 0 radical (unpaired) electrons. The zero-order valence-corrected chi connectivity index (χ0v) is 25.0. The van der Waals surface area contributed by atoms with Crippen LogP contribution in [0, 0.1) is 11.8 Å². The van der Waals surface area contributed by atoms with Gasteiger partial charge < -0.3 is 26.2 Å². The summed E-state index contributed by atoms with van der Waals surface area (Å²) in [6, 6.07) is 31.2. The van der Waals surface area contributed by atoms with E-state index in [1.165, 1.54) is 44.5 Å². The van der Waals surface area contributed by atoms with Gasteiger partial charge in [-0.2, -0.15) is 0 Å². The van der Waals surface area contributed by atoms with Crippen LogP contribution in [0.25, 0.3) is 32.4 Å². The van der Waals surface area contributed by atoms with Gasteiger partial charge >= 0.3 is 0 Å². The quantitative estimate of drug-likeness (QED) is 0.134. The number of halogens is 1. The summed E-state index contributed by atoms with van der Waals surface area (Å²) in [5.41, 5.74) is 3.74. The summed E-state index contributed by atoms with van der Waals surface area (Å²) in [5.74, 6) is 1.18. The van der Waals surface area contributed by atoms with E-state index >= 15 is 0 Å². The molecule has 1 aromatic heterocycles. The SMILES string of the molecule is C=CCO[C@H](c1ccnc2ccccc12)[C@@H]1C[C@H]2CC[N+]1(Cc1c3ccccc3cc3ccccc13)C[C@@H]2C=C.[Br-]. The Balaban J connectivity index is 0.00000302. The summed E-state index contributed by atoms with van der Waals surface area (Å²) >= 11 is 0. The van der Waals surface area contributed by atoms with Crippen molar-refractivity contribution in [1.82, 2.24) is 4.98 Å². The summed E-state index contributed by atoms with van der Waals surface area (Å²) in [7, 11) is 0. The van der Waals surface area contributed by atoms with Gasteiger partial charge in [-0.1, -0.05) is 78.9 Å². The van der Waals surface area contributed by atoms with Gasteiger partial charge in [-0.15, -0.1) is 13.2 Å². The smallest absolute Gasteiger partial charge is 0.135 e. The van der Waals surface area contributed by atoms with E-state index < -0.39 is 0 Å². The lowest BCUT2D eigenvalue weighted by molar-refractivity contribution is -0.984. The molecule has 5 aromatic rings. The molecule has 4 aromatic carbocycles. The molecule has 0 N–H and O–H groups in total. The molecule has 3 aliphatic heterocycles. The van der Waals surface area contributed by atoms with Gasteiger partial charge in [0.1, 0.15) is 18.7 Å². The lowest BCUT2D eigenvalue weighted by atomic mass is 9.70. The van der Waals surface area contributed by atoms with E-state index in [9.17, 15) is 0 Å². The van der Waals surface area contributed by atoms with Gasteiger partial charge in [0.05, 0.1) is 25.2 Å². The number of benzene rings is 4. The van der Waals surface area contributed by atoms with Crippen LogP contribution in [-0.4, -0.2) is 35.2 Å². The van der Waals surface area contributed by atoms with Crippen LogP contribution in [0.15, 0.2) is 116 Å². The van der Waals surface area contributed by atoms with Crippen molar-refractivity contribution in [3.63, 3.8) is 0 Å². The summed E-state index contributed by atoms with van der Waals surface area (Å²) in [4.78, 5) is 4.68. The van der Waals surface area contributed by atoms with Crippen LogP contribution in [-0.2, 0) is 11.3 Å². The summed E-state index contributed by atoms with van der Waals surface area (Å²) in [6.45, 7) is 12.1. The third-order valence-corrected chi connectivity index (χ3v) is 9.76. The van der Waals surface area contributed by atoms with E-state index in [1.54, 1.807) is 0 Å². The number of ether oxygens (including phenoxy) is 1. The van der Waals surface area contributed by atoms with E-state index in [1.807, 2.05) is 12.3 Å². The van der Waals surface area contributed by atoms with Crippen molar-refractivity contribution >= 4 is 32.4 Å². The van der Waals surface area contributed by atoms with Crippen molar-refractivity contribution in [2.24, 2.45) is 11.8 Å². The maximum atomic E-state index is 6.80. The van der Waals surface area contributed by atoms with Gasteiger partial charge in [0.2, 0.25) is 0 Å². The predicted molar refractivity (Wildman–Crippen MR) is 166 cm³/mol. The number of quaternary nitrogens is 1. The highest BCUT2D eigenvalue weighted by Gasteiger charge is 2.54. The first-order chi connectivity index (χ1) is 19.7. The molecule has 0 spiro atoms. The van der Waals surface area contributed by atoms with Crippen LogP contribution in [0.1, 0.15) is 30.1 Å². The van der Waals surface area contributed by atoms with Crippen LogP contribution < -0.4 is 17.0 Å². The molecule has 4 heterocycles. The minimum absolute atomic E-state index is 0. The average Bonchev–Trinajstić information content (AvgIpc) is 3.01. The molecule has 0 amide bonds. The number of pyridine rings is 1. The highest BCUT2D eigenvalue weighted by atomic mass is 79.9. The number of hydrogen-bond acceptors (Lipinski definition) is 2. The van der Waals surface area contributed by atoms with Crippen molar-refractivity contribution in [3.05, 3.63) is 128 Å². The molecule has 2 bridgehead atoms. The van der Waals surface area contributed by atoms with Gasteiger partial charge in [-0.25, -0.2) is 0 Å². The Morgan fingerprint density at radius 2 is 1.59 bits per heavy atom. The number of rotatable bonds is 8. The molecular formula is C37H37BrN2O. The van der Waals surface area contributed by atoms with E-state index in [2.05, 4.69) is 109 Å². The minimum Gasteiger partial charge on any atom is -1.00 e. The molecule has 3 fully saturated rings. The maximum Gasteiger partial charge on any atom is 0.135 e. The molecule has 5 atom stereocenters. The van der Waals surface area contributed by atoms with Gasteiger partial charge in [0.15, 0.2) is 0 Å². The lowest BCUT2D eigenvalue weighted by Gasteiger charge is -2.58. The van der Waals surface area contributed by atoms with Crippen molar-refractivity contribution in [2.75, 3.05) is 19.7 Å². The van der Waals surface area contributed by atoms with E-state index in [0.717, 1.165) is 36.1 Å². The Morgan fingerprint density at radius 3 is 2.29 bits per heavy atom. The molecule has 3 aliphatic rings. The molecule has 3 saturated heterocycles. The van der Waals surface area contributed by atoms with E-state index in [0.29, 0.717) is 24.5 Å². The van der Waals surface area contributed by atoms with Gasteiger partial charge in [-0.3, -0.25) is 4.98 Å². The average molecular weight is 606 g/mol. The van der Waals surface area contributed by atoms with E-state index in [-0.39, 0.29) is 23.1 Å². The Hall–Kier alpha value is -3.31. The number of piperidine rings is 3. The van der Waals surface area contributed by atoms with E-state index in [4.69, 9.17) is 4.74 Å². The van der Waals surface area contributed by atoms with Crippen LogP contribution in [0.3, 0.4) is 0 Å². The van der Waals surface area contributed by atoms with Crippen molar-refractivity contribution < 1.29 is 26.2 Å². The second kappa shape index (κ2) is 11.5. The van der Waals surface area contributed by atoms with Crippen LogP contribution in [0.5, 0.6) is 0 Å². The molecule has 4 heteroatoms. The number of hydrogen-bond donors (Lipinski definition) is 0. The number of para-hydroxylation sites is 1. The molecule has 41 heavy (non-hydrogen) atoms. The lowest BCUT2D eigenvalue weighted by Crippen LogP contribution is -3.00. The minimum atomic E-state index is -0.0410. The maximum absolute atomic E-state index is 6.80. The standard InChI is InChI=1S/C37H37N2O.BrH/c1-3-21-40-37(33-17-19-38-35-16-10-9-15-32(33)35)36-23-27-18-20-39(36,24-26(27)4-2)25-34-30-13-7-5-11-28(30)22-29-12-6-8-14-31(29)34;/h3-17,19,22,26-27,36-37H,1-2,18,20-21,23-25H2;1H/q+1;/p-1/t26-,27+,36-,37+,39?;/m0./s1. The van der Waals surface area contributed by atoms with Crippen molar-refractivity contribution in [3.8, 4) is 0 Å². The van der Waals surface area contributed by atoms with Crippen molar-refractivity contribution in [2.45, 2.75) is 31.5 Å². The first kappa shape index (κ1) is 27.8. The normalized spacial score (nSPS) is 24.2. The third kappa shape index (κ3) is 4.82. The highest BCUT2D eigenvalue weighted by molar-refractivity contribution is 6.02. The fourth-order valence-corrected chi connectivity index (χ4v) is 7.90. The molecule has 3 nitrogen and oxygen atoms in total. The van der Waals surface area contributed by atoms with Crippen LogP contribution in [0.2, 0.25) is 0 Å². The predicted octanol–water partition coefficient (Wildman–Crippen LogP) is 5.40. The zero-order valence-electron chi connectivity index (χ0n) is 23.5. The second-order valence-electron chi connectivity index (χ2n) is 11.8. The Morgan fingerprint density at radius 1 is 0.902 bits per heavy atom. The van der Waals surface area contributed by atoms with Gasteiger partial charge in [0, 0.05) is 35.9 Å². The third-order valence-electron chi connectivity index (χ3n) is 9.76. The molecule has 0 saturated carbocycles. The molecule has 1 unspecified atom stereocenters. The van der Waals surface area contributed by atoms with Crippen LogP contribution in [0.4, 0.5) is 0 Å². The fourth-order valence-electron chi connectivity index (χ4n) is 7.90. The summed E-state index contributed by atoms with van der Waals surface area (Å²) in [5, 5.41) is 6.56. The Labute approximate surface area is 253 Å².